The summed E-state index contributed by atoms with van der Waals surface area (Å²) in [6, 6.07) is 19.7. The van der Waals surface area contributed by atoms with Crippen LogP contribution < -0.4 is 0 Å². The van der Waals surface area contributed by atoms with Crippen molar-refractivity contribution in [3.63, 3.8) is 0 Å². The molecule has 0 amide bonds. The average Bonchev–Trinajstić information content (AvgIpc) is 2.53. The number of fused-ring (bicyclic) bond motifs is 2. The van der Waals surface area contributed by atoms with E-state index in [0.29, 0.717) is 10.8 Å². The van der Waals surface area contributed by atoms with Crippen molar-refractivity contribution in [1.29, 1.82) is 0 Å². The molecule has 2 bridgehead atoms. The molecule has 2 saturated heterocycles. The van der Waals surface area contributed by atoms with Crippen LogP contribution in [0.1, 0.15) is 31.4 Å². The third-order valence-electron chi connectivity index (χ3n) is 5.82. The molecule has 0 aliphatic carbocycles. The lowest BCUT2D eigenvalue weighted by molar-refractivity contribution is -0.0791. The molecule has 0 radical (unpaired) electrons. The first kappa shape index (κ1) is 18.2. The molecule has 0 unspecified atom stereocenters. The highest BCUT2D eigenvalue weighted by Crippen LogP contribution is 2.46. The standard InChI is InChI=1S/C23H29BrN2/c1-22-14-23(2,16-25(15-22)12-19-7-4-3-5-8-19)18-26(17-22)13-20-9-6-10-21(24)11-20/h3-11H,12-18H2,1-2H3/t22-,23+. The van der Waals surface area contributed by atoms with Crippen LogP contribution in [0.2, 0.25) is 0 Å². The fourth-order valence-corrected chi connectivity index (χ4v) is 6.03. The van der Waals surface area contributed by atoms with Gasteiger partial charge in [0.05, 0.1) is 0 Å². The largest absolute Gasteiger partial charge is 0.298 e. The Balaban J connectivity index is 1.47. The molecule has 138 valence electrons. The van der Waals surface area contributed by atoms with Gasteiger partial charge in [0.15, 0.2) is 0 Å². The van der Waals surface area contributed by atoms with Gasteiger partial charge in [0, 0.05) is 43.7 Å². The number of nitrogens with zero attached hydrogens (tertiary/aromatic N) is 2. The summed E-state index contributed by atoms with van der Waals surface area (Å²) in [7, 11) is 0. The van der Waals surface area contributed by atoms with Gasteiger partial charge >= 0.3 is 0 Å². The van der Waals surface area contributed by atoms with E-state index in [-0.39, 0.29) is 0 Å². The zero-order valence-electron chi connectivity index (χ0n) is 15.9. The molecule has 0 aromatic heterocycles. The Kier molecular flexibility index (Phi) is 4.98. The number of benzene rings is 2. The summed E-state index contributed by atoms with van der Waals surface area (Å²) in [5.74, 6) is 0. The highest BCUT2D eigenvalue weighted by molar-refractivity contribution is 9.10. The van der Waals surface area contributed by atoms with Gasteiger partial charge in [0.25, 0.3) is 0 Å². The molecular weight excluding hydrogens is 384 g/mol. The first-order valence-electron chi connectivity index (χ1n) is 9.65. The highest BCUT2D eigenvalue weighted by atomic mass is 79.9. The van der Waals surface area contributed by atoms with Gasteiger partial charge < -0.3 is 0 Å². The van der Waals surface area contributed by atoms with Crippen LogP contribution in [0.25, 0.3) is 0 Å². The molecule has 26 heavy (non-hydrogen) atoms. The number of halogens is 1. The number of piperidine rings is 2. The van der Waals surface area contributed by atoms with Crippen molar-refractivity contribution in [2.45, 2.75) is 33.4 Å². The predicted octanol–water partition coefficient (Wildman–Crippen LogP) is 5.18. The molecule has 2 atom stereocenters. The summed E-state index contributed by atoms with van der Waals surface area (Å²) in [6.45, 7) is 11.9. The van der Waals surface area contributed by atoms with Crippen molar-refractivity contribution in [2.75, 3.05) is 26.2 Å². The molecule has 3 heteroatoms. The normalized spacial score (nSPS) is 29.7. The van der Waals surface area contributed by atoms with E-state index in [1.165, 1.54) is 48.2 Å². The zero-order valence-corrected chi connectivity index (χ0v) is 17.5. The predicted molar refractivity (Wildman–Crippen MR) is 112 cm³/mol. The monoisotopic (exact) mass is 412 g/mol. The summed E-state index contributed by atoms with van der Waals surface area (Å²) in [6.07, 6.45) is 1.35. The van der Waals surface area contributed by atoms with Crippen molar-refractivity contribution >= 4 is 15.9 Å². The minimum Gasteiger partial charge on any atom is -0.298 e. The minimum atomic E-state index is 0.381. The van der Waals surface area contributed by atoms with Crippen LogP contribution in [-0.4, -0.2) is 36.0 Å². The van der Waals surface area contributed by atoms with E-state index in [2.05, 4.69) is 94.2 Å². The maximum absolute atomic E-state index is 3.61. The van der Waals surface area contributed by atoms with E-state index in [1.54, 1.807) is 0 Å². The van der Waals surface area contributed by atoms with E-state index in [9.17, 15) is 0 Å². The Bertz CT molecular complexity index is 742. The van der Waals surface area contributed by atoms with Crippen molar-refractivity contribution in [1.82, 2.24) is 9.80 Å². The Hall–Kier alpha value is -1.16. The third-order valence-corrected chi connectivity index (χ3v) is 6.31. The van der Waals surface area contributed by atoms with Crippen molar-refractivity contribution in [3.05, 3.63) is 70.2 Å². The van der Waals surface area contributed by atoms with E-state index in [4.69, 9.17) is 0 Å². The van der Waals surface area contributed by atoms with E-state index < -0.39 is 0 Å². The van der Waals surface area contributed by atoms with Crippen LogP contribution in [-0.2, 0) is 13.1 Å². The summed E-state index contributed by atoms with van der Waals surface area (Å²) < 4.78 is 1.18. The van der Waals surface area contributed by atoms with Crippen LogP contribution >= 0.6 is 15.9 Å². The number of likely N-dealkylation sites (tertiary alicyclic amines) is 2. The van der Waals surface area contributed by atoms with Gasteiger partial charge in [-0.1, -0.05) is 72.2 Å². The van der Waals surface area contributed by atoms with E-state index in [0.717, 1.165) is 13.1 Å². The molecule has 2 nitrogen and oxygen atoms in total. The van der Waals surface area contributed by atoms with Gasteiger partial charge in [0.1, 0.15) is 0 Å². The molecule has 2 heterocycles. The van der Waals surface area contributed by atoms with Crippen molar-refractivity contribution in [3.8, 4) is 0 Å². The number of hydrogen-bond donors (Lipinski definition) is 0. The van der Waals surface area contributed by atoms with Crippen LogP contribution in [0.3, 0.4) is 0 Å². The SMILES string of the molecule is C[C@]12CN(Cc3ccccc3)C[C@](C)(CN(Cc3cccc(Br)c3)C1)C2. The summed E-state index contributed by atoms with van der Waals surface area (Å²) in [5, 5.41) is 0. The van der Waals surface area contributed by atoms with Crippen LogP contribution in [0.5, 0.6) is 0 Å². The Morgan fingerprint density at radius 3 is 1.88 bits per heavy atom. The second-order valence-corrected chi connectivity index (χ2v) is 10.1. The minimum absolute atomic E-state index is 0.381. The topological polar surface area (TPSA) is 6.48 Å². The quantitative estimate of drug-likeness (QED) is 0.681. The number of hydrogen-bond acceptors (Lipinski definition) is 2. The summed E-state index contributed by atoms with van der Waals surface area (Å²) in [5.41, 5.74) is 3.61. The maximum atomic E-state index is 3.61. The van der Waals surface area contributed by atoms with Gasteiger partial charge in [0.2, 0.25) is 0 Å². The van der Waals surface area contributed by atoms with Crippen LogP contribution in [0.15, 0.2) is 59.1 Å². The molecule has 2 fully saturated rings. The molecule has 2 aliphatic heterocycles. The third kappa shape index (κ3) is 4.21. The lowest BCUT2D eigenvalue weighted by Gasteiger charge is -2.57. The molecule has 4 rings (SSSR count). The lowest BCUT2D eigenvalue weighted by Crippen LogP contribution is -2.61. The van der Waals surface area contributed by atoms with Crippen molar-refractivity contribution in [2.24, 2.45) is 10.8 Å². The van der Waals surface area contributed by atoms with Gasteiger partial charge in [-0.15, -0.1) is 0 Å². The molecule has 2 aromatic carbocycles. The van der Waals surface area contributed by atoms with Crippen molar-refractivity contribution < 1.29 is 0 Å². The lowest BCUT2D eigenvalue weighted by atomic mass is 9.65. The van der Waals surface area contributed by atoms with Gasteiger partial charge in [-0.25, -0.2) is 0 Å². The van der Waals surface area contributed by atoms with Crippen LogP contribution in [0, 0.1) is 10.8 Å². The molecule has 0 N–H and O–H groups in total. The van der Waals surface area contributed by atoms with Gasteiger partial charge in [-0.2, -0.15) is 0 Å². The second kappa shape index (κ2) is 7.10. The molecular formula is C23H29BrN2. The molecule has 2 aromatic rings. The highest BCUT2D eigenvalue weighted by Gasteiger charge is 2.48. The number of rotatable bonds is 4. The molecule has 2 aliphatic rings. The Morgan fingerprint density at radius 1 is 0.769 bits per heavy atom. The summed E-state index contributed by atoms with van der Waals surface area (Å²) in [4.78, 5) is 5.38. The smallest absolute Gasteiger partial charge is 0.0234 e. The fourth-order valence-electron chi connectivity index (χ4n) is 5.58. The molecule has 0 saturated carbocycles. The maximum Gasteiger partial charge on any atom is 0.0234 e. The second-order valence-electron chi connectivity index (χ2n) is 9.20. The van der Waals surface area contributed by atoms with Crippen LogP contribution in [0.4, 0.5) is 0 Å². The van der Waals surface area contributed by atoms with Gasteiger partial charge in [-0.05, 0) is 40.5 Å². The van der Waals surface area contributed by atoms with Gasteiger partial charge in [-0.3, -0.25) is 9.80 Å². The fraction of sp³-hybridized carbons (Fsp3) is 0.478. The van der Waals surface area contributed by atoms with E-state index in [1.807, 2.05) is 0 Å². The first-order valence-corrected chi connectivity index (χ1v) is 10.4. The average molecular weight is 413 g/mol. The molecule has 0 spiro atoms. The summed E-state index contributed by atoms with van der Waals surface area (Å²) >= 11 is 3.61. The Morgan fingerprint density at radius 2 is 1.31 bits per heavy atom. The van der Waals surface area contributed by atoms with E-state index >= 15 is 0 Å². The first-order chi connectivity index (χ1) is 12.4. The zero-order chi connectivity index (χ0) is 18.2. The Labute approximate surface area is 166 Å².